The maximum atomic E-state index is 14.3. The van der Waals surface area contributed by atoms with E-state index >= 15 is 0 Å². The van der Waals surface area contributed by atoms with E-state index in [4.69, 9.17) is 4.74 Å². The molecule has 3 amide bonds. The Morgan fingerprint density at radius 1 is 0.927 bits per heavy atom. The van der Waals surface area contributed by atoms with Gasteiger partial charge in [0.15, 0.2) is 0 Å². The number of nitrogens with zero attached hydrogens (tertiary/aromatic N) is 1. The Bertz CT molecular complexity index is 1070. The minimum absolute atomic E-state index is 0.247. The van der Waals surface area contributed by atoms with Gasteiger partial charge in [-0.2, -0.15) is 11.8 Å². The molecule has 0 spiro atoms. The molecule has 0 heterocycles. The second-order valence-electron chi connectivity index (χ2n) is 11.3. The van der Waals surface area contributed by atoms with Gasteiger partial charge < -0.3 is 20.3 Å². The Morgan fingerprint density at radius 3 is 2.20 bits per heavy atom. The summed E-state index contributed by atoms with van der Waals surface area (Å²) in [6.45, 7) is 10.4. The first-order chi connectivity index (χ1) is 19.6. The molecule has 2 aromatic rings. The molecule has 8 heteroatoms. The highest BCUT2D eigenvalue weighted by Crippen LogP contribution is 2.25. The van der Waals surface area contributed by atoms with Crippen molar-refractivity contribution in [3.05, 3.63) is 71.3 Å². The fraction of sp³-hybridized carbons (Fsp3) is 0.545. The van der Waals surface area contributed by atoms with Crippen molar-refractivity contribution in [2.45, 2.75) is 97.4 Å². The van der Waals surface area contributed by atoms with Gasteiger partial charge in [-0.15, -0.1) is 0 Å². The topological polar surface area (TPSA) is 87.7 Å². The molecule has 2 rings (SSSR count). The van der Waals surface area contributed by atoms with Crippen molar-refractivity contribution in [2.75, 3.05) is 18.6 Å². The van der Waals surface area contributed by atoms with Crippen molar-refractivity contribution in [1.29, 1.82) is 0 Å². The molecular weight excluding hydrogens is 534 g/mol. The summed E-state index contributed by atoms with van der Waals surface area (Å²) in [7, 11) is 0. The lowest BCUT2D eigenvalue weighted by molar-refractivity contribution is -0.142. The molecule has 0 radical (unpaired) electrons. The Labute approximate surface area is 251 Å². The lowest BCUT2D eigenvalue weighted by atomic mass is 9.99. The van der Waals surface area contributed by atoms with Crippen LogP contribution in [0.1, 0.15) is 89.5 Å². The van der Waals surface area contributed by atoms with Crippen LogP contribution in [0.3, 0.4) is 0 Å². The Morgan fingerprint density at radius 2 is 1.61 bits per heavy atom. The third kappa shape index (κ3) is 12.2. The average Bonchev–Trinajstić information content (AvgIpc) is 2.95. The lowest BCUT2D eigenvalue weighted by Gasteiger charge is -2.34. The summed E-state index contributed by atoms with van der Waals surface area (Å²) >= 11 is 1.60. The Kier molecular flexibility index (Phi) is 14.8. The van der Waals surface area contributed by atoms with Gasteiger partial charge in [-0.3, -0.25) is 9.59 Å². The summed E-state index contributed by atoms with van der Waals surface area (Å²) in [4.78, 5) is 42.7. The molecule has 0 aliphatic rings. The van der Waals surface area contributed by atoms with E-state index in [0.29, 0.717) is 25.3 Å². The molecule has 0 aliphatic carbocycles. The molecule has 226 valence electrons. The van der Waals surface area contributed by atoms with Crippen LogP contribution in [0.2, 0.25) is 0 Å². The number of ether oxygens (including phenoxy) is 1. The van der Waals surface area contributed by atoms with Crippen LogP contribution in [0, 0.1) is 0 Å². The minimum Gasteiger partial charge on any atom is -0.444 e. The van der Waals surface area contributed by atoms with Gasteiger partial charge >= 0.3 is 6.09 Å². The van der Waals surface area contributed by atoms with E-state index in [1.54, 1.807) is 37.4 Å². The van der Waals surface area contributed by atoms with Crippen LogP contribution in [0.15, 0.2) is 54.6 Å². The molecule has 0 saturated heterocycles. The number of hydrogen-bond donors (Lipinski definition) is 2. The third-order valence-corrected chi connectivity index (χ3v) is 7.35. The Hall–Kier alpha value is -3.00. The quantitative estimate of drug-likeness (QED) is 0.216. The number of carbonyl (C=O) groups excluding carboxylic acids is 3. The first-order valence-corrected chi connectivity index (χ1v) is 16.2. The van der Waals surface area contributed by atoms with Crippen LogP contribution < -0.4 is 10.6 Å². The number of rotatable bonds is 16. The summed E-state index contributed by atoms with van der Waals surface area (Å²) in [5, 5.41) is 5.88. The van der Waals surface area contributed by atoms with Crippen LogP contribution in [0.5, 0.6) is 0 Å². The van der Waals surface area contributed by atoms with Crippen molar-refractivity contribution in [2.24, 2.45) is 0 Å². The summed E-state index contributed by atoms with van der Waals surface area (Å²) in [6, 6.07) is 16.0. The summed E-state index contributed by atoms with van der Waals surface area (Å²) in [5.41, 5.74) is 2.18. The van der Waals surface area contributed by atoms with Gasteiger partial charge in [-0.25, -0.2) is 4.79 Å². The summed E-state index contributed by atoms with van der Waals surface area (Å²) in [6.07, 6.45) is 6.44. The van der Waals surface area contributed by atoms with Gasteiger partial charge in [0.2, 0.25) is 11.8 Å². The van der Waals surface area contributed by atoms with Crippen molar-refractivity contribution >= 4 is 29.7 Å². The SMILES string of the molecule is CCCCCCN(C(=O)C(CCSC)NC(=O)OC(C)(C)C)C(C(=O)NCc1ccccc1)c1ccc(CC)cc1. The van der Waals surface area contributed by atoms with Crippen LogP contribution in [0.4, 0.5) is 4.79 Å². The number of thioether (sulfide) groups is 1. The zero-order valence-electron chi connectivity index (χ0n) is 25.7. The van der Waals surface area contributed by atoms with Gasteiger partial charge in [-0.1, -0.05) is 87.7 Å². The zero-order valence-corrected chi connectivity index (χ0v) is 26.5. The first kappa shape index (κ1) is 34.2. The van der Waals surface area contributed by atoms with E-state index in [1.807, 2.05) is 60.9 Å². The number of benzene rings is 2. The van der Waals surface area contributed by atoms with Crippen LogP contribution in [0.25, 0.3) is 0 Å². The van der Waals surface area contributed by atoms with Crippen molar-refractivity contribution in [1.82, 2.24) is 15.5 Å². The molecule has 0 bridgehead atoms. The van der Waals surface area contributed by atoms with Gasteiger partial charge in [0.25, 0.3) is 0 Å². The molecule has 0 fully saturated rings. The molecule has 0 aromatic heterocycles. The van der Waals surface area contributed by atoms with Crippen molar-refractivity contribution in [3.8, 4) is 0 Å². The molecule has 2 unspecified atom stereocenters. The lowest BCUT2D eigenvalue weighted by Crippen LogP contribution is -2.53. The number of nitrogens with one attached hydrogen (secondary N) is 2. The first-order valence-electron chi connectivity index (χ1n) is 14.8. The standard InChI is InChI=1S/C33H49N3O4S/c1-7-9-10-14-22-36(31(38)28(21-23-41-6)35-32(39)40-33(3,4)5)29(27-19-17-25(8-2)18-20-27)30(37)34-24-26-15-12-11-13-16-26/h11-13,15-20,28-29H,7-10,14,21-24H2,1-6H3,(H,34,37)(H,35,39). The molecule has 2 atom stereocenters. The predicted octanol–water partition coefficient (Wildman–Crippen LogP) is 6.66. The fourth-order valence-corrected chi connectivity index (χ4v) is 4.98. The average molecular weight is 584 g/mol. The van der Waals surface area contributed by atoms with Crippen LogP contribution in [-0.4, -0.2) is 53.0 Å². The van der Waals surface area contributed by atoms with E-state index in [1.165, 1.54) is 0 Å². The van der Waals surface area contributed by atoms with E-state index < -0.39 is 23.8 Å². The highest BCUT2D eigenvalue weighted by molar-refractivity contribution is 7.98. The number of carbonyl (C=O) groups is 3. The van der Waals surface area contributed by atoms with Gasteiger partial charge in [-0.05, 0) is 68.7 Å². The monoisotopic (exact) mass is 583 g/mol. The Balaban J connectivity index is 2.46. The molecule has 41 heavy (non-hydrogen) atoms. The molecule has 2 aromatic carbocycles. The van der Waals surface area contributed by atoms with Crippen LogP contribution >= 0.6 is 11.8 Å². The van der Waals surface area contributed by atoms with Crippen molar-refractivity contribution in [3.63, 3.8) is 0 Å². The van der Waals surface area contributed by atoms with E-state index in [2.05, 4.69) is 24.5 Å². The van der Waals surface area contributed by atoms with E-state index in [9.17, 15) is 14.4 Å². The second-order valence-corrected chi connectivity index (χ2v) is 12.3. The molecule has 7 nitrogen and oxygen atoms in total. The van der Waals surface area contributed by atoms with Gasteiger partial charge in [0.1, 0.15) is 17.7 Å². The number of alkyl carbamates (subject to hydrolysis) is 1. The van der Waals surface area contributed by atoms with E-state index in [0.717, 1.165) is 48.8 Å². The predicted molar refractivity (Wildman–Crippen MR) is 169 cm³/mol. The minimum atomic E-state index is -0.837. The van der Waals surface area contributed by atoms with Crippen molar-refractivity contribution < 1.29 is 19.1 Å². The number of unbranched alkanes of at least 4 members (excludes halogenated alkanes) is 3. The van der Waals surface area contributed by atoms with E-state index in [-0.39, 0.29) is 11.8 Å². The molecule has 0 aliphatic heterocycles. The maximum absolute atomic E-state index is 14.3. The molecule has 2 N–H and O–H groups in total. The van der Waals surface area contributed by atoms with Crippen LogP contribution in [-0.2, 0) is 27.3 Å². The fourth-order valence-electron chi connectivity index (χ4n) is 4.51. The highest BCUT2D eigenvalue weighted by Gasteiger charge is 2.36. The normalized spacial score (nSPS) is 12.7. The maximum Gasteiger partial charge on any atom is 0.408 e. The second kappa shape index (κ2) is 17.7. The number of aryl methyl sites for hydroxylation is 1. The number of amides is 3. The largest absolute Gasteiger partial charge is 0.444 e. The number of hydrogen-bond acceptors (Lipinski definition) is 5. The smallest absolute Gasteiger partial charge is 0.408 e. The zero-order chi connectivity index (χ0) is 30.3. The third-order valence-electron chi connectivity index (χ3n) is 6.71. The van der Waals surface area contributed by atoms with Gasteiger partial charge in [0, 0.05) is 13.1 Å². The highest BCUT2D eigenvalue weighted by atomic mass is 32.2. The summed E-state index contributed by atoms with van der Waals surface area (Å²) in [5.74, 6) is 0.148. The molecule has 0 saturated carbocycles. The summed E-state index contributed by atoms with van der Waals surface area (Å²) < 4.78 is 5.49. The molecular formula is C33H49N3O4S. The van der Waals surface area contributed by atoms with Gasteiger partial charge in [0.05, 0.1) is 0 Å².